The molecule has 7 nitrogen and oxygen atoms in total. The van der Waals surface area contributed by atoms with E-state index in [1.54, 1.807) is 16.1 Å². The lowest BCUT2D eigenvalue weighted by molar-refractivity contribution is -0.118. The summed E-state index contributed by atoms with van der Waals surface area (Å²) in [6.45, 7) is 4.63. The number of hydrogen-bond donors (Lipinski definition) is 1. The lowest BCUT2D eigenvalue weighted by Crippen LogP contribution is -2.36. The normalized spacial score (nSPS) is 14.0. The average molecular weight is 460 g/mol. The number of aryl methyl sites for hydroxylation is 1. The van der Waals surface area contributed by atoms with Crippen molar-refractivity contribution in [3.05, 3.63) is 81.6 Å². The summed E-state index contributed by atoms with van der Waals surface area (Å²) in [5, 5.41) is 7.90. The van der Waals surface area contributed by atoms with Gasteiger partial charge in [-0.05, 0) is 17.5 Å². The molecule has 1 amide bonds. The van der Waals surface area contributed by atoms with E-state index in [-0.39, 0.29) is 22.6 Å². The van der Waals surface area contributed by atoms with Crippen molar-refractivity contribution in [3.63, 3.8) is 0 Å². The number of nitrogens with zero attached hydrogens (tertiary/aromatic N) is 4. The molecule has 1 N–H and O–H groups in total. The quantitative estimate of drug-likeness (QED) is 0.463. The largest absolute Gasteiger partial charge is 0.351 e. The molecule has 2 aromatic heterocycles. The highest BCUT2D eigenvalue weighted by atomic mass is 32.2. The van der Waals surface area contributed by atoms with Gasteiger partial charge in [0.15, 0.2) is 5.16 Å². The fraction of sp³-hybridized carbons (Fsp3) is 0.280. The molecule has 1 aliphatic rings. The van der Waals surface area contributed by atoms with Crippen molar-refractivity contribution < 1.29 is 4.79 Å². The highest BCUT2D eigenvalue weighted by Crippen LogP contribution is 2.40. The Morgan fingerprint density at radius 1 is 1.12 bits per heavy atom. The van der Waals surface area contributed by atoms with Crippen molar-refractivity contribution in [3.8, 4) is 11.3 Å². The second kappa shape index (κ2) is 8.19. The Morgan fingerprint density at radius 3 is 2.64 bits per heavy atom. The maximum atomic E-state index is 13.7. The summed E-state index contributed by atoms with van der Waals surface area (Å²) < 4.78 is 3.15. The first-order valence-corrected chi connectivity index (χ1v) is 11.9. The van der Waals surface area contributed by atoms with Gasteiger partial charge in [-0.1, -0.05) is 80.2 Å². The summed E-state index contributed by atoms with van der Waals surface area (Å²) in [7, 11) is 1.77. The Kier molecular flexibility index (Phi) is 5.32. The predicted molar refractivity (Wildman–Crippen MR) is 129 cm³/mol. The highest BCUT2D eigenvalue weighted by Gasteiger charge is 2.36. The number of carbonyl (C=O) groups is 1. The van der Waals surface area contributed by atoms with Gasteiger partial charge in [-0.15, -0.1) is 5.10 Å². The minimum atomic E-state index is -0.361. The average Bonchev–Trinajstić information content (AvgIpc) is 3.12. The smallest absolute Gasteiger partial charge is 0.265 e. The third-order valence-corrected chi connectivity index (χ3v) is 6.96. The number of benzene rings is 2. The van der Waals surface area contributed by atoms with Gasteiger partial charge in [0.25, 0.3) is 5.56 Å². The molecule has 4 aromatic rings. The molecular weight excluding hydrogens is 434 g/mol. The number of nitrogens with one attached hydrogen (secondary N) is 1. The van der Waals surface area contributed by atoms with E-state index in [9.17, 15) is 9.59 Å². The number of fused-ring (bicyclic) bond motifs is 4. The first-order valence-electron chi connectivity index (χ1n) is 10.9. The van der Waals surface area contributed by atoms with Crippen LogP contribution in [0.3, 0.4) is 0 Å². The Morgan fingerprint density at radius 2 is 1.85 bits per heavy atom. The molecule has 0 fully saturated rings. The second-order valence-corrected chi connectivity index (χ2v) is 9.89. The van der Waals surface area contributed by atoms with Gasteiger partial charge in [-0.25, -0.2) is 14.1 Å². The minimum absolute atomic E-state index is 0.115. The number of thioether (sulfide) groups is 1. The van der Waals surface area contributed by atoms with E-state index in [4.69, 9.17) is 4.98 Å². The van der Waals surface area contributed by atoms with Gasteiger partial charge in [-0.3, -0.25) is 9.59 Å². The van der Waals surface area contributed by atoms with E-state index in [0.717, 1.165) is 23.2 Å². The van der Waals surface area contributed by atoms with E-state index >= 15 is 0 Å². The maximum absolute atomic E-state index is 13.7. The van der Waals surface area contributed by atoms with Gasteiger partial charge >= 0.3 is 0 Å². The first kappa shape index (κ1) is 21.5. The summed E-state index contributed by atoms with van der Waals surface area (Å²) >= 11 is 1.24. The molecule has 0 spiro atoms. The zero-order valence-electron chi connectivity index (χ0n) is 18.8. The predicted octanol–water partition coefficient (Wildman–Crippen LogP) is 3.34. The molecule has 8 heteroatoms. The third kappa shape index (κ3) is 3.84. The summed E-state index contributed by atoms with van der Waals surface area (Å²) in [4.78, 5) is 31.1. The van der Waals surface area contributed by atoms with Crippen LogP contribution >= 0.6 is 11.8 Å². The van der Waals surface area contributed by atoms with Gasteiger partial charge < -0.3 is 5.32 Å². The fourth-order valence-corrected chi connectivity index (χ4v) is 5.30. The van der Waals surface area contributed by atoms with Crippen LogP contribution in [0.15, 0.2) is 64.5 Å². The topological polar surface area (TPSA) is 81.3 Å². The van der Waals surface area contributed by atoms with Gasteiger partial charge in [0.1, 0.15) is 0 Å². The lowest BCUT2D eigenvalue weighted by atomic mass is 9.72. The van der Waals surface area contributed by atoms with Crippen LogP contribution in [0.1, 0.15) is 30.5 Å². The molecule has 0 unspecified atom stereocenters. The molecule has 0 radical (unpaired) electrons. The van der Waals surface area contributed by atoms with Crippen molar-refractivity contribution in [1.82, 2.24) is 24.5 Å². The highest BCUT2D eigenvalue weighted by molar-refractivity contribution is 7.99. The van der Waals surface area contributed by atoms with Crippen LogP contribution in [0, 0.1) is 0 Å². The standard InChI is InChI=1S/C25H25N5O2S/c1-25(2)13-17-11-7-8-12-18(17)21-20(25)22(32)30-23(27-21)29(3)28-24(30)33-15-19(31)26-14-16-9-5-4-6-10-16/h4-12H,13-15H2,1-3H3,(H,26,31). The van der Waals surface area contributed by atoms with Gasteiger partial charge in [0.2, 0.25) is 11.7 Å². The summed E-state index contributed by atoms with van der Waals surface area (Å²) in [5.41, 5.74) is 4.18. The van der Waals surface area contributed by atoms with Crippen LogP contribution in [0.4, 0.5) is 0 Å². The van der Waals surface area contributed by atoms with E-state index < -0.39 is 0 Å². The van der Waals surface area contributed by atoms with Crippen LogP contribution < -0.4 is 10.9 Å². The molecule has 33 heavy (non-hydrogen) atoms. The van der Waals surface area contributed by atoms with Crippen molar-refractivity contribution in [2.45, 2.75) is 37.4 Å². The van der Waals surface area contributed by atoms with Crippen molar-refractivity contribution >= 4 is 23.4 Å². The first-order chi connectivity index (χ1) is 15.8. The zero-order chi connectivity index (χ0) is 23.2. The number of amides is 1. The van der Waals surface area contributed by atoms with E-state index in [1.807, 2.05) is 48.5 Å². The SMILES string of the molecule is Cn1nc(SCC(=O)NCc2ccccc2)n2c(=O)c3c(nc12)-c1ccccc1CC3(C)C. The zero-order valence-corrected chi connectivity index (χ0v) is 19.6. The number of carbonyl (C=O) groups excluding carboxylic acids is 1. The Balaban J connectivity index is 1.47. The van der Waals surface area contributed by atoms with Crippen molar-refractivity contribution in [2.24, 2.45) is 7.05 Å². The third-order valence-electron chi connectivity index (χ3n) is 6.03. The maximum Gasteiger partial charge on any atom is 0.265 e. The summed E-state index contributed by atoms with van der Waals surface area (Å²) in [6.07, 6.45) is 0.768. The Hall–Kier alpha value is -3.39. The van der Waals surface area contributed by atoms with Crippen LogP contribution in [-0.2, 0) is 30.2 Å². The molecule has 5 rings (SSSR count). The monoisotopic (exact) mass is 459 g/mol. The minimum Gasteiger partial charge on any atom is -0.351 e. The number of hydrogen-bond acceptors (Lipinski definition) is 5. The van der Waals surface area contributed by atoms with Crippen molar-refractivity contribution in [1.29, 1.82) is 0 Å². The number of rotatable bonds is 5. The van der Waals surface area contributed by atoms with E-state index in [2.05, 4.69) is 30.3 Å². The molecule has 0 bridgehead atoms. The van der Waals surface area contributed by atoms with Crippen molar-refractivity contribution in [2.75, 3.05) is 5.75 Å². The Bertz CT molecular complexity index is 1420. The molecular formula is C25H25N5O2S. The molecule has 0 saturated carbocycles. The summed E-state index contributed by atoms with van der Waals surface area (Å²) in [6, 6.07) is 17.9. The van der Waals surface area contributed by atoms with Crippen LogP contribution in [0.25, 0.3) is 17.0 Å². The lowest BCUT2D eigenvalue weighted by Gasteiger charge is -2.32. The van der Waals surface area contributed by atoms with Crippen LogP contribution in [-0.4, -0.2) is 30.8 Å². The number of aromatic nitrogens is 4. The van der Waals surface area contributed by atoms with E-state index in [0.29, 0.717) is 23.0 Å². The van der Waals surface area contributed by atoms with E-state index in [1.165, 1.54) is 17.3 Å². The Labute approximate surface area is 195 Å². The molecule has 0 aliphatic heterocycles. The molecule has 0 saturated heterocycles. The molecule has 1 aliphatic carbocycles. The second-order valence-electron chi connectivity index (χ2n) is 8.95. The van der Waals surface area contributed by atoms with Crippen LogP contribution in [0.2, 0.25) is 0 Å². The molecule has 2 aromatic carbocycles. The van der Waals surface area contributed by atoms with Gasteiger partial charge in [0.05, 0.1) is 17.0 Å². The molecule has 0 atom stereocenters. The molecule has 168 valence electrons. The van der Waals surface area contributed by atoms with Crippen LogP contribution in [0.5, 0.6) is 0 Å². The summed E-state index contributed by atoms with van der Waals surface area (Å²) in [5.74, 6) is 0.517. The van der Waals surface area contributed by atoms with Gasteiger partial charge in [0, 0.05) is 24.6 Å². The van der Waals surface area contributed by atoms with Gasteiger partial charge in [-0.2, -0.15) is 0 Å². The fourth-order valence-electron chi connectivity index (χ4n) is 4.46. The molecule has 2 heterocycles.